The molecule has 26 heavy (non-hydrogen) atoms. The Morgan fingerprint density at radius 2 is 2.00 bits per heavy atom. The van der Waals surface area contributed by atoms with Gasteiger partial charge in [-0.25, -0.2) is 0 Å². The molecule has 2 aromatic carbocycles. The van der Waals surface area contributed by atoms with E-state index in [1.165, 1.54) is 4.88 Å². The molecule has 3 nitrogen and oxygen atoms in total. The molecule has 1 unspecified atom stereocenters. The summed E-state index contributed by atoms with van der Waals surface area (Å²) in [4.78, 5) is 16.1. The lowest BCUT2D eigenvalue weighted by Gasteiger charge is -2.24. The van der Waals surface area contributed by atoms with E-state index in [9.17, 15) is 4.79 Å². The van der Waals surface area contributed by atoms with Gasteiger partial charge in [0.05, 0.1) is 19.6 Å². The molecule has 134 valence electrons. The van der Waals surface area contributed by atoms with Crippen molar-refractivity contribution >= 4 is 28.0 Å². The lowest BCUT2D eigenvalue weighted by Crippen LogP contribution is -2.33. The molecule has 1 aromatic heterocycles. The molecule has 0 saturated heterocycles. The summed E-state index contributed by atoms with van der Waals surface area (Å²) >= 11 is 1.67. The van der Waals surface area contributed by atoms with E-state index in [0.717, 1.165) is 22.1 Å². The first-order valence-electron chi connectivity index (χ1n) is 8.62. The van der Waals surface area contributed by atoms with Crippen molar-refractivity contribution in [2.24, 2.45) is 0 Å². The number of rotatable bonds is 7. The van der Waals surface area contributed by atoms with Crippen LogP contribution in [-0.2, 0) is 11.3 Å². The van der Waals surface area contributed by atoms with Crippen LogP contribution in [0.3, 0.4) is 0 Å². The summed E-state index contributed by atoms with van der Waals surface area (Å²) in [5.41, 5.74) is 1.02. The summed E-state index contributed by atoms with van der Waals surface area (Å²) in [6, 6.07) is 16.2. The van der Waals surface area contributed by atoms with Crippen LogP contribution in [0.5, 0.6) is 5.75 Å². The number of thiophene rings is 1. The normalized spacial score (nSPS) is 11.9. The fraction of sp³-hybridized carbons (Fsp3) is 0.227. The predicted octanol–water partition coefficient (Wildman–Crippen LogP) is 5.23. The summed E-state index contributed by atoms with van der Waals surface area (Å²) in [7, 11) is 1.66. The van der Waals surface area contributed by atoms with Crippen molar-refractivity contribution in [1.82, 2.24) is 4.90 Å². The van der Waals surface area contributed by atoms with Gasteiger partial charge in [0.1, 0.15) is 5.75 Å². The number of benzene rings is 2. The molecule has 0 aliphatic carbocycles. The molecule has 0 N–H and O–H groups in total. The molecule has 3 aromatic rings. The van der Waals surface area contributed by atoms with E-state index in [2.05, 4.69) is 18.7 Å². The predicted molar refractivity (Wildman–Crippen MR) is 109 cm³/mol. The van der Waals surface area contributed by atoms with Gasteiger partial charge in [0, 0.05) is 11.4 Å². The van der Waals surface area contributed by atoms with Crippen LogP contribution >= 0.6 is 11.3 Å². The number of ether oxygens (including phenoxy) is 1. The molecule has 0 radical (unpaired) electrons. The highest BCUT2D eigenvalue weighted by atomic mass is 32.1. The van der Waals surface area contributed by atoms with Crippen LogP contribution in [0, 0.1) is 0 Å². The van der Waals surface area contributed by atoms with Crippen molar-refractivity contribution in [3.8, 4) is 5.75 Å². The third-order valence-corrected chi connectivity index (χ3v) is 5.39. The second kappa shape index (κ2) is 8.19. The van der Waals surface area contributed by atoms with Gasteiger partial charge in [-0.15, -0.1) is 17.9 Å². The van der Waals surface area contributed by atoms with Crippen LogP contribution in [0.25, 0.3) is 10.8 Å². The average molecular weight is 365 g/mol. The molecule has 0 spiro atoms. The molecule has 0 fully saturated rings. The Labute approximate surface area is 158 Å². The number of fused-ring (bicyclic) bond motifs is 1. The molecule has 3 rings (SSSR count). The van der Waals surface area contributed by atoms with Crippen LogP contribution in [0.2, 0.25) is 0 Å². The van der Waals surface area contributed by atoms with Gasteiger partial charge in [-0.05, 0) is 46.8 Å². The van der Waals surface area contributed by atoms with Crippen molar-refractivity contribution in [3.63, 3.8) is 0 Å². The SMILES string of the molecule is C=CCN(Cc1cccs1)C(=O)C(C)c1ccc2cc(OC)ccc2c1. The smallest absolute Gasteiger partial charge is 0.230 e. The highest BCUT2D eigenvalue weighted by Crippen LogP contribution is 2.26. The van der Waals surface area contributed by atoms with Crippen molar-refractivity contribution in [2.75, 3.05) is 13.7 Å². The Morgan fingerprint density at radius 3 is 2.69 bits per heavy atom. The summed E-state index contributed by atoms with van der Waals surface area (Å²) in [6.45, 7) is 6.94. The Bertz CT molecular complexity index is 902. The summed E-state index contributed by atoms with van der Waals surface area (Å²) in [5, 5.41) is 4.25. The van der Waals surface area contributed by atoms with Crippen LogP contribution in [0.1, 0.15) is 23.3 Å². The van der Waals surface area contributed by atoms with Crippen molar-refractivity contribution in [1.29, 1.82) is 0 Å². The first-order chi connectivity index (χ1) is 12.6. The van der Waals surface area contributed by atoms with E-state index in [1.807, 2.05) is 53.6 Å². The maximum absolute atomic E-state index is 13.1. The van der Waals surface area contributed by atoms with Gasteiger partial charge in [0.2, 0.25) is 5.91 Å². The zero-order chi connectivity index (χ0) is 18.5. The Kier molecular flexibility index (Phi) is 5.74. The van der Waals surface area contributed by atoms with Crippen LogP contribution in [0.15, 0.2) is 66.6 Å². The Hall–Kier alpha value is -2.59. The van der Waals surface area contributed by atoms with Gasteiger partial charge in [0.25, 0.3) is 0 Å². The maximum atomic E-state index is 13.1. The molecule has 0 bridgehead atoms. The van der Waals surface area contributed by atoms with Gasteiger partial charge in [-0.3, -0.25) is 4.79 Å². The number of methoxy groups -OCH3 is 1. The van der Waals surface area contributed by atoms with E-state index in [0.29, 0.717) is 13.1 Å². The van der Waals surface area contributed by atoms with Gasteiger partial charge in [-0.1, -0.05) is 36.4 Å². The zero-order valence-electron chi connectivity index (χ0n) is 15.1. The highest BCUT2D eigenvalue weighted by Gasteiger charge is 2.22. The third-order valence-electron chi connectivity index (χ3n) is 4.53. The number of hydrogen-bond acceptors (Lipinski definition) is 3. The minimum absolute atomic E-state index is 0.117. The molecule has 0 aliphatic rings. The molecule has 1 amide bonds. The van der Waals surface area contributed by atoms with E-state index in [-0.39, 0.29) is 11.8 Å². The largest absolute Gasteiger partial charge is 0.497 e. The van der Waals surface area contributed by atoms with E-state index >= 15 is 0 Å². The van der Waals surface area contributed by atoms with Crippen molar-refractivity contribution in [3.05, 3.63) is 77.0 Å². The summed E-state index contributed by atoms with van der Waals surface area (Å²) in [5.74, 6) is 0.745. The summed E-state index contributed by atoms with van der Waals surface area (Å²) in [6.07, 6.45) is 1.78. The summed E-state index contributed by atoms with van der Waals surface area (Å²) < 4.78 is 5.28. The van der Waals surface area contributed by atoms with Crippen molar-refractivity contribution < 1.29 is 9.53 Å². The fourth-order valence-electron chi connectivity index (χ4n) is 3.03. The quantitative estimate of drug-likeness (QED) is 0.537. The minimum Gasteiger partial charge on any atom is -0.497 e. The maximum Gasteiger partial charge on any atom is 0.230 e. The van der Waals surface area contributed by atoms with Gasteiger partial charge < -0.3 is 9.64 Å². The average Bonchev–Trinajstić information content (AvgIpc) is 3.18. The van der Waals surface area contributed by atoms with Crippen molar-refractivity contribution in [2.45, 2.75) is 19.4 Å². The number of carbonyl (C=O) groups excluding carboxylic acids is 1. The minimum atomic E-state index is -0.207. The van der Waals surface area contributed by atoms with E-state index in [1.54, 1.807) is 24.5 Å². The fourth-order valence-corrected chi connectivity index (χ4v) is 3.75. The molecule has 0 saturated carbocycles. The molecule has 0 aliphatic heterocycles. The Balaban J connectivity index is 1.83. The second-order valence-electron chi connectivity index (χ2n) is 6.28. The van der Waals surface area contributed by atoms with E-state index in [4.69, 9.17) is 4.74 Å². The van der Waals surface area contributed by atoms with Gasteiger partial charge >= 0.3 is 0 Å². The number of nitrogens with zero attached hydrogens (tertiary/aromatic N) is 1. The molecular formula is C22H23NO2S. The van der Waals surface area contributed by atoms with Crippen LogP contribution in [0.4, 0.5) is 0 Å². The number of carbonyl (C=O) groups is 1. The van der Waals surface area contributed by atoms with Gasteiger partial charge in [0.15, 0.2) is 0 Å². The lowest BCUT2D eigenvalue weighted by molar-refractivity contribution is -0.132. The van der Waals surface area contributed by atoms with Crippen LogP contribution < -0.4 is 4.74 Å². The first kappa shape index (κ1) is 18.2. The third kappa shape index (κ3) is 3.97. The molecule has 4 heteroatoms. The number of amides is 1. The second-order valence-corrected chi connectivity index (χ2v) is 7.31. The monoisotopic (exact) mass is 365 g/mol. The first-order valence-corrected chi connectivity index (χ1v) is 9.50. The van der Waals surface area contributed by atoms with Crippen LogP contribution in [-0.4, -0.2) is 24.5 Å². The lowest BCUT2D eigenvalue weighted by atomic mass is 9.96. The molecular weight excluding hydrogens is 342 g/mol. The number of hydrogen-bond donors (Lipinski definition) is 0. The van der Waals surface area contributed by atoms with E-state index < -0.39 is 0 Å². The standard InChI is InChI=1S/C22H23NO2S/c1-4-11-23(15-21-6-5-12-26-21)22(24)16(2)17-7-8-19-14-20(25-3)10-9-18(19)13-17/h4-10,12-14,16H,1,11,15H2,2-3H3. The molecule has 1 atom stereocenters. The topological polar surface area (TPSA) is 29.5 Å². The Morgan fingerprint density at radius 1 is 1.23 bits per heavy atom. The zero-order valence-corrected chi connectivity index (χ0v) is 16.0. The highest BCUT2D eigenvalue weighted by molar-refractivity contribution is 7.09. The molecule has 1 heterocycles. The van der Waals surface area contributed by atoms with Gasteiger partial charge in [-0.2, -0.15) is 0 Å².